The van der Waals surface area contributed by atoms with Crippen LogP contribution in [0.5, 0.6) is 0 Å². The molecule has 3 aromatic heterocycles. The van der Waals surface area contributed by atoms with E-state index in [0.717, 1.165) is 47.2 Å². The topological polar surface area (TPSA) is 135 Å². The second kappa shape index (κ2) is 9.06. The van der Waals surface area contributed by atoms with Gasteiger partial charge in [-0.3, -0.25) is 9.30 Å². The summed E-state index contributed by atoms with van der Waals surface area (Å²) in [5, 5.41) is 0. The van der Waals surface area contributed by atoms with Crippen LogP contribution in [0.15, 0.2) is 18.6 Å². The Hall–Kier alpha value is -2.87. The van der Waals surface area contributed by atoms with Gasteiger partial charge in [0.2, 0.25) is 16.0 Å². The first-order valence-corrected chi connectivity index (χ1v) is 13.1. The standard InChI is InChI=1S/C21H29N9O3S/c1-15-17(13-27-3-5-29(6-4-27)34(2,31)32)25-20-19(28-7-9-33-10-8-28)26-18(14-30(15)20)16-11-23-21(22)24-12-16/h11-12,14H,3-10,13H2,1-2H3,(H2,22,23,24). The predicted molar refractivity (Wildman–Crippen MR) is 128 cm³/mol. The number of piperazine rings is 1. The molecule has 12 nitrogen and oxygen atoms in total. The summed E-state index contributed by atoms with van der Waals surface area (Å²) in [6, 6.07) is 0. The normalized spacial score (nSPS) is 18.6. The van der Waals surface area contributed by atoms with Gasteiger partial charge >= 0.3 is 0 Å². The first-order chi connectivity index (χ1) is 16.3. The molecule has 0 spiro atoms. The highest BCUT2D eigenvalue weighted by Crippen LogP contribution is 2.28. The van der Waals surface area contributed by atoms with Crippen molar-refractivity contribution in [1.82, 2.24) is 33.5 Å². The molecular formula is C21H29N9O3S. The summed E-state index contributed by atoms with van der Waals surface area (Å²) < 4.78 is 32.8. The van der Waals surface area contributed by atoms with Gasteiger partial charge in [-0.1, -0.05) is 0 Å². The first kappa shape index (κ1) is 22.9. The van der Waals surface area contributed by atoms with Crippen LogP contribution in [-0.4, -0.2) is 101 Å². The van der Waals surface area contributed by atoms with Gasteiger partial charge in [-0.05, 0) is 6.92 Å². The predicted octanol–water partition coefficient (Wildman–Crippen LogP) is -0.00928. The van der Waals surface area contributed by atoms with E-state index in [4.69, 9.17) is 20.4 Å². The van der Waals surface area contributed by atoms with Crippen LogP contribution in [0, 0.1) is 6.92 Å². The Morgan fingerprint density at radius 3 is 2.35 bits per heavy atom. The number of nitrogens with zero attached hydrogens (tertiary/aromatic N) is 8. The maximum Gasteiger partial charge on any atom is 0.219 e. The Labute approximate surface area is 198 Å². The molecule has 2 saturated heterocycles. The van der Waals surface area contributed by atoms with Crippen LogP contribution in [0.1, 0.15) is 11.4 Å². The highest BCUT2D eigenvalue weighted by atomic mass is 32.2. The van der Waals surface area contributed by atoms with Crippen LogP contribution in [0.3, 0.4) is 0 Å². The van der Waals surface area contributed by atoms with Gasteiger partial charge < -0.3 is 15.4 Å². The molecule has 13 heteroatoms. The van der Waals surface area contributed by atoms with Crippen molar-refractivity contribution in [3.05, 3.63) is 30.0 Å². The van der Waals surface area contributed by atoms with E-state index in [1.165, 1.54) is 10.6 Å². The fourth-order valence-corrected chi connectivity index (χ4v) is 5.20. The fourth-order valence-electron chi connectivity index (χ4n) is 4.37. The summed E-state index contributed by atoms with van der Waals surface area (Å²) >= 11 is 0. The summed E-state index contributed by atoms with van der Waals surface area (Å²) in [5.41, 5.74) is 9.96. The molecule has 2 fully saturated rings. The average Bonchev–Trinajstić information content (AvgIpc) is 3.14. The minimum absolute atomic E-state index is 0.218. The number of aromatic nitrogens is 5. The Morgan fingerprint density at radius 2 is 1.71 bits per heavy atom. The lowest BCUT2D eigenvalue weighted by Crippen LogP contribution is -2.47. The van der Waals surface area contributed by atoms with Crippen LogP contribution >= 0.6 is 0 Å². The Kier molecular flexibility index (Phi) is 6.10. The summed E-state index contributed by atoms with van der Waals surface area (Å²) in [7, 11) is -3.16. The second-order valence-electron chi connectivity index (χ2n) is 8.65. The van der Waals surface area contributed by atoms with Gasteiger partial charge in [0.05, 0.1) is 30.9 Å². The number of anilines is 2. The number of rotatable bonds is 5. The smallest absolute Gasteiger partial charge is 0.219 e. The van der Waals surface area contributed by atoms with E-state index in [-0.39, 0.29) is 5.95 Å². The SMILES string of the molecule is Cc1c(CN2CCN(S(C)(=O)=O)CC2)nc2c(N3CCOCC3)nc(-c3cnc(N)nc3)cn12. The van der Waals surface area contributed by atoms with Crippen molar-refractivity contribution in [2.45, 2.75) is 13.5 Å². The molecule has 5 rings (SSSR count). The van der Waals surface area contributed by atoms with Crippen molar-refractivity contribution in [3.63, 3.8) is 0 Å². The largest absolute Gasteiger partial charge is 0.378 e. The number of nitrogen functional groups attached to an aromatic ring is 1. The van der Waals surface area contributed by atoms with Crippen molar-refractivity contribution in [1.29, 1.82) is 0 Å². The molecule has 2 N–H and O–H groups in total. The van der Waals surface area contributed by atoms with Crippen molar-refractivity contribution in [2.75, 3.05) is 69.4 Å². The molecule has 0 atom stereocenters. The van der Waals surface area contributed by atoms with E-state index in [1.807, 2.05) is 6.20 Å². The van der Waals surface area contributed by atoms with Gasteiger partial charge in [0.25, 0.3) is 0 Å². The Balaban J connectivity index is 1.49. The highest BCUT2D eigenvalue weighted by molar-refractivity contribution is 7.88. The van der Waals surface area contributed by atoms with Crippen molar-refractivity contribution >= 4 is 27.4 Å². The molecule has 2 aliphatic heterocycles. The summed E-state index contributed by atoms with van der Waals surface area (Å²) in [6.07, 6.45) is 6.57. The lowest BCUT2D eigenvalue weighted by Gasteiger charge is -2.32. The summed E-state index contributed by atoms with van der Waals surface area (Å²) in [5.74, 6) is 1.02. The number of imidazole rings is 1. The first-order valence-electron chi connectivity index (χ1n) is 11.3. The van der Waals surface area contributed by atoms with Crippen LogP contribution in [-0.2, 0) is 21.3 Å². The molecule has 2 aliphatic rings. The van der Waals surface area contributed by atoms with Crippen LogP contribution in [0.25, 0.3) is 16.9 Å². The maximum absolute atomic E-state index is 11.8. The number of ether oxygens (including phenoxy) is 1. The molecule has 0 bridgehead atoms. The molecule has 5 heterocycles. The minimum Gasteiger partial charge on any atom is -0.378 e. The van der Waals surface area contributed by atoms with Gasteiger partial charge in [-0.15, -0.1) is 0 Å². The van der Waals surface area contributed by atoms with E-state index in [2.05, 4.69) is 31.1 Å². The van der Waals surface area contributed by atoms with Gasteiger partial charge in [0, 0.05) is 75.7 Å². The molecule has 3 aromatic rings. The van der Waals surface area contributed by atoms with Crippen molar-refractivity contribution in [3.8, 4) is 11.3 Å². The van der Waals surface area contributed by atoms with E-state index in [1.54, 1.807) is 12.4 Å². The van der Waals surface area contributed by atoms with Gasteiger partial charge in [0.1, 0.15) is 0 Å². The molecule has 0 saturated carbocycles. The van der Waals surface area contributed by atoms with Crippen LogP contribution in [0.4, 0.5) is 11.8 Å². The molecule has 0 aromatic carbocycles. The fraction of sp³-hybridized carbons (Fsp3) is 0.524. The molecule has 0 radical (unpaired) electrons. The molecular weight excluding hydrogens is 458 g/mol. The number of hydrogen-bond acceptors (Lipinski definition) is 10. The van der Waals surface area contributed by atoms with E-state index in [0.29, 0.717) is 45.9 Å². The van der Waals surface area contributed by atoms with Crippen molar-refractivity contribution in [2.24, 2.45) is 0 Å². The third kappa shape index (κ3) is 4.56. The quantitative estimate of drug-likeness (QED) is 0.523. The summed E-state index contributed by atoms with van der Waals surface area (Å²) in [6.45, 7) is 7.77. The average molecular weight is 488 g/mol. The number of nitrogens with two attached hydrogens (primary N) is 1. The van der Waals surface area contributed by atoms with E-state index < -0.39 is 10.0 Å². The zero-order chi connectivity index (χ0) is 23.9. The molecule has 182 valence electrons. The lowest BCUT2D eigenvalue weighted by molar-refractivity contribution is 0.122. The van der Waals surface area contributed by atoms with Crippen LogP contribution < -0.4 is 10.6 Å². The monoisotopic (exact) mass is 487 g/mol. The number of hydrogen-bond donors (Lipinski definition) is 1. The maximum atomic E-state index is 11.8. The Morgan fingerprint density at radius 1 is 1.03 bits per heavy atom. The summed E-state index contributed by atoms with van der Waals surface area (Å²) in [4.78, 5) is 22.6. The Bertz CT molecular complexity index is 1280. The van der Waals surface area contributed by atoms with E-state index in [9.17, 15) is 8.42 Å². The molecule has 0 aliphatic carbocycles. The van der Waals surface area contributed by atoms with Crippen molar-refractivity contribution < 1.29 is 13.2 Å². The number of morpholine rings is 1. The zero-order valence-electron chi connectivity index (χ0n) is 19.4. The van der Waals surface area contributed by atoms with E-state index >= 15 is 0 Å². The number of fused-ring (bicyclic) bond motifs is 1. The van der Waals surface area contributed by atoms with Crippen LogP contribution in [0.2, 0.25) is 0 Å². The lowest BCUT2D eigenvalue weighted by atomic mass is 10.2. The molecule has 0 amide bonds. The second-order valence-corrected chi connectivity index (χ2v) is 10.6. The highest BCUT2D eigenvalue weighted by Gasteiger charge is 2.26. The third-order valence-electron chi connectivity index (χ3n) is 6.38. The van der Waals surface area contributed by atoms with Gasteiger partial charge in [-0.2, -0.15) is 4.31 Å². The number of sulfonamides is 1. The van der Waals surface area contributed by atoms with Gasteiger partial charge in [0.15, 0.2) is 11.5 Å². The molecule has 0 unspecified atom stereocenters. The third-order valence-corrected chi connectivity index (χ3v) is 7.68. The minimum atomic E-state index is -3.16. The van der Waals surface area contributed by atoms with Gasteiger partial charge in [-0.25, -0.2) is 28.4 Å². The zero-order valence-corrected chi connectivity index (χ0v) is 20.2. The molecule has 34 heavy (non-hydrogen) atoms. The number of aryl methyl sites for hydroxylation is 1.